The third-order valence-electron chi connectivity index (χ3n) is 2.53. The number of hydrogen-bond acceptors (Lipinski definition) is 3. The number of nitrogens with zero attached hydrogens (tertiary/aromatic N) is 1. The Hall–Kier alpha value is -0.710. The quantitative estimate of drug-likeness (QED) is 0.834. The van der Waals surface area contributed by atoms with Crippen LogP contribution in [0.15, 0.2) is 24.3 Å². The standard InChI is InChI=1S/C13H19ClN2OS/c1-15-7-8-16(2)13(17)10-18-9-11-3-5-12(14)6-4-11/h3-6,15H,7-10H2,1-2H3. The predicted octanol–water partition coefficient (Wildman–Crippen LogP) is 2.25. The highest BCUT2D eigenvalue weighted by molar-refractivity contribution is 7.99. The molecule has 100 valence electrons. The number of carbonyl (C=O) groups is 1. The summed E-state index contributed by atoms with van der Waals surface area (Å²) in [5.74, 6) is 1.52. The average Bonchev–Trinajstić information content (AvgIpc) is 2.38. The van der Waals surface area contributed by atoms with Gasteiger partial charge in [0.2, 0.25) is 5.91 Å². The molecular weight excluding hydrogens is 268 g/mol. The molecule has 0 aromatic heterocycles. The number of nitrogens with one attached hydrogen (secondary N) is 1. The van der Waals surface area contributed by atoms with Crippen molar-refractivity contribution < 1.29 is 4.79 Å². The number of thioether (sulfide) groups is 1. The Balaban J connectivity index is 2.24. The number of rotatable bonds is 7. The molecule has 5 heteroatoms. The van der Waals surface area contributed by atoms with Crippen molar-refractivity contribution in [2.45, 2.75) is 5.75 Å². The van der Waals surface area contributed by atoms with Gasteiger partial charge in [-0.25, -0.2) is 0 Å². The summed E-state index contributed by atoms with van der Waals surface area (Å²) in [6.45, 7) is 1.57. The largest absolute Gasteiger partial charge is 0.344 e. The van der Waals surface area contributed by atoms with Gasteiger partial charge >= 0.3 is 0 Å². The van der Waals surface area contributed by atoms with E-state index >= 15 is 0 Å². The maximum atomic E-state index is 11.7. The summed E-state index contributed by atoms with van der Waals surface area (Å²) in [7, 11) is 3.72. The first-order valence-electron chi connectivity index (χ1n) is 5.84. The lowest BCUT2D eigenvalue weighted by Gasteiger charge is -2.16. The van der Waals surface area contributed by atoms with E-state index < -0.39 is 0 Å². The van der Waals surface area contributed by atoms with E-state index in [0.717, 1.165) is 23.9 Å². The normalized spacial score (nSPS) is 10.4. The van der Waals surface area contributed by atoms with Crippen LogP contribution in [0.4, 0.5) is 0 Å². The highest BCUT2D eigenvalue weighted by Crippen LogP contribution is 2.15. The SMILES string of the molecule is CNCCN(C)C(=O)CSCc1ccc(Cl)cc1. The summed E-state index contributed by atoms with van der Waals surface area (Å²) in [5.41, 5.74) is 1.19. The van der Waals surface area contributed by atoms with Crippen LogP contribution >= 0.6 is 23.4 Å². The minimum Gasteiger partial charge on any atom is -0.344 e. The summed E-state index contributed by atoms with van der Waals surface area (Å²) in [5, 5.41) is 3.77. The highest BCUT2D eigenvalue weighted by atomic mass is 35.5. The molecule has 1 rings (SSSR count). The van der Waals surface area contributed by atoms with Gasteiger partial charge in [0.25, 0.3) is 0 Å². The van der Waals surface area contributed by atoms with Crippen LogP contribution in [0, 0.1) is 0 Å². The van der Waals surface area contributed by atoms with Gasteiger partial charge in [-0.1, -0.05) is 23.7 Å². The first-order valence-corrected chi connectivity index (χ1v) is 7.37. The molecule has 0 saturated heterocycles. The lowest BCUT2D eigenvalue weighted by molar-refractivity contribution is -0.127. The van der Waals surface area contributed by atoms with Crippen LogP contribution in [-0.4, -0.2) is 43.7 Å². The summed E-state index contributed by atoms with van der Waals surface area (Å²) in [6, 6.07) is 7.73. The van der Waals surface area contributed by atoms with Gasteiger partial charge in [-0.3, -0.25) is 4.79 Å². The fourth-order valence-electron chi connectivity index (χ4n) is 1.35. The van der Waals surface area contributed by atoms with Crippen molar-refractivity contribution in [3.8, 4) is 0 Å². The van der Waals surface area contributed by atoms with E-state index in [9.17, 15) is 4.79 Å². The molecule has 1 aromatic rings. The zero-order valence-corrected chi connectivity index (χ0v) is 12.4. The topological polar surface area (TPSA) is 32.3 Å². The van der Waals surface area contributed by atoms with Crippen molar-refractivity contribution >= 4 is 29.3 Å². The first kappa shape index (κ1) is 15.3. The molecule has 0 fully saturated rings. The van der Waals surface area contributed by atoms with Gasteiger partial charge in [-0.2, -0.15) is 0 Å². The van der Waals surface area contributed by atoms with E-state index in [-0.39, 0.29) is 5.91 Å². The number of likely N-dealkylation sites (N-methyl/N-ethyl adjacent to an activating group) is 2. The summed E-state index contributed by atoms with van der Waals surface area (Å²) >= 11 is 7.44. The number of carbonyl (C=O) groups excluding carboxylic acids is 1. The van der Waals surface area contributed by atoms with Gasteiger partial charge in [0.05, 0.1) is 5.75 Å². The summed E-state index contributed by atoms with van der Waals surface area (Å²) in [6.07, 6.45) is 0. The van der Waals surface area contributed by atoms with Crippen LogP contribution in [0.2, 0.25) is 5.02 Å². The van der Waals surface area contributed by atoms with Crippen LogP contribution < -0.4 is 5.32 Å². The number of benzene rings is 1. The van der Waals surface area contributed by atoms with Crippen LogP contribution in [0.25, 0.3) is 0 Å². The average molecular weight is 287 g/mol. The Labute approximate surface area is 118 Å². The van der Waals surface area contributed by atoms with Crippen molar-refractivity contribution in [3.63, 3.8) is 0 Å². The Morgan fingerprint density at radius 3 is 2.67 bits per heavy atom. The molecule has 1 aromatic carbocycles. The molecule has 0 atom stereocenters. The van der Waals surface area contributed by atoms with Gasteiger partial charge in [-0.05, 0) is 24.7 Å². The van der Waals surface area contributed by atoms with Gasteiger partial charge < -0.3 is 10.2 Å². The molecule has 0 aliphatic heterocycles. The summed E-state index contributed by atoms with van der Waals surface area (Å²) in [4.78, 5) is 13.5. The monoisotopic (exact) mass is 286 g/mol. The Morgan fingerprint density at radius 1 is 1.39 bits per heavy atom. The number of amides is 1. The molecule has 0 saturated carbocycles. The molecule has 1 N–H and O–H groups in total. The maximum absolute atomic E-state index is 11.7. The van der Waals surface area contributed by atoms with Gasteiger partial charge in [0, 0.05) is 30.9 Å². The Morgan fingerprint density at radius 2 is 2.06 bits per heavy atom. The first-order chi connectivity index (χ1) is 8.63. The molecule has 0 unspecified atom stereocenters. The Kier molecular flexibility index (Phi) is 7.16. The molecule has 18 heavy (non-hydrogen) atoms. The molecule has 0 spiro atoms. The van der Waals surface area contributed by atoms with E-state index in [1.807, 2.05) is 38.4 Å². The fourth-order valence-corrected chi connectivity index (χ4v) is 2.40. The second-order valence-corrected chi connectivity index (χ2v) is 5.46. The van der Waals surface area contributed by atoms with E-state index in [1.165, 1.54) is 5.56 Å². The second-order valence-electron chi connectivity index (χ2n) is 4.04. The second kappa shape index (κ2) is 8.40. The van der Waals surface area contributed by atoms with Gasteiger partial charge in [0.1, 0.15) is 0 Å². The smallest absolute Gasteiger partial charge is 0.232 e. The fraction of sp³-hybridized carbons (Fsp3) is 0.462. The molecule has 1 amide bonds. The molecular formula is C13H19ClN2OS. The van der Waals surface area contributed by atoms with E-state index in [0.29, 0.717) is 5.75 Å². The zero-order valence-electron chi connectivity index (χ0n) is 10.8. The highest BCUT2D eigenvalue weighted by Gasteiger charge is 2.07. The van der Waals surface area contributed by atoms with Crippen molar-refractivity contribution in [2.75, 3.05) is 32.9 Å². The lowest BCUT2D eigenvalue weighted by atomic mass is 10.2. The minimum absolute atomic E-state index is 0.171. The van der Waals surface area contributed by atoms with E-state index in [4.69, 9.17) is 11.6 Å². The third kappa shape index (κ3) is 5.76. The molecule has 0 heterocycles. The summed E-state index contributed by atoms with van der Waals surface area (Å²) < 4.78 is 0. The number of hydrogen-bond donors (Lipinski definition) is 1. The van der Waals surface area contributed by atoms with Crippen molar-refractivity contribution in [2.24, 2.45) is 0 Å². The van der Waals surface area contributed by atoms with E-state index in [2.05, 4.69) is 5.32 Å². The molecule has 0 aliphatic carbocycles. The van der Waals surface area contributed by atoms with Gasteiger partial charge in [0.15, 0.2) is 0 Å². The van der Waals surface area contributed by atoms with Crippen LogP contribution in [0.1, 0.15) is 5.56 Å². The van der Waals surface area contributed by atoms with Crippen LogP contribution in [-0.2, 0) is 10.5 Å². The third-order valence-corrected chi connectivity index (χ3v) is 3.77. The predicted molar refractivity (Wildman–Crippen MR) is 79.2 cm³/mol. The van der Waals surface area contributed by atoms with Crippen LogP contribution in [0.3, 0.4) is 0 Å². The molecule has 0 aliphatic rings. The van der Waals surface area contributed by atoms with Crippen molar-refractivity contribution in [1.29, 1.82) is 0 Å². The maximum Gasteiger partial charge on any atom is 0.232 e. The van der Waals surface area contributed by atoms with Crippen molar-refractivity contribution in [3.05, 3.63) is 34.9 Å². The molecule has 0 radical (unpaired) electrons. The van der Waals surface area contributed by atoms with E-state index in [1.54, 1.807) is 16.7 Å². The van der Waals surface area contributed by atoms with Crippen LogP contribution in [0.5, 0.6) is 0 Å². The Bertz CT molecular complexity index is 370. The van der Waals surface area contributed by atoms with Gasteiger partial charge in [-0.15, -0.1) is 11.8 Å². The zero-order chi connectivity index (χ0) is 13.4. The lowest BCUT2D eigenvalue weighted by Crippen LogP contribution is -2.33. The molecule has 3 nitrogen and oxygen atoms in total. The minimum atomic E-state index is 0.171. The molecule has 0 bridgehead atoms. The van der Waals surface area contributed by atoms with Crippen molar-refractivity contribution in [1.82, 2.24) is 10.2 Å². The number of halogens is 1.